The van der Waals surface area contributed by atoms with Crippen molar-refractivity contribution in [2.45, 2.75) is 50.0 Å². The van der Waals surface area contributed by atoms with Crippen LogP contribution in [0.1, 0.15) is 24.3 Å². The lowest BCUT2D eigenvalue weighted by Crippen LogP contribution is -2.59. The summed E-state index contributed by atoms with van der Waals surface area (Å²) in [6, 6.07) is 0. The number of ether oxygens (including phenoxy) is 6. The summed E-state index contributed by atoms with van der Waals surface area (Å²) < 4.78 is 39.9. The summed E-state index contributed by atoms with van der Waals surface area (Å²) in [7, 11) is 4.49. The molecule has 1 spiro atoms. The molecule has 2 N–H and O–H groups in total. The SMILES string of the molecule is COCC(O)C1OC(=O)C(COC)C2C=CC3C4OC2(C(C)=CC1C)C3C(O)C(COC)C4OC(=O)c1cocn1. The molecule has 41 heavy (non-hydrogen) atoms. The molecule has 12 unspecified atom stereocenters. The molecule has 1 aromatic heterocycles. The predicted molar refractivity (Wildman–Crippen MR) is 140 cm³/mol. The van der Waals surface area contributed by atoms with Gasteiger partial charge in [0.15, 0.2) is 12.1 Å². The van der Waals surface area contributed by atoms with E-state index in [9.17, 15) is 19.8 Å². The Balaban J connectivity index is 1.61. The lowest BCUT2D eigenvalue weighted by Gasteiger charge is -2.49. The second kappa shape index (κ2) is 11.9. The molecule has 2 aliphatic heterocycles. The van der Waals surface area contributed by atoms with E-state index in [-0.39, 0.29) is 31.4 Å². The molecule has 2 fully saturated rings. The molecule has 3 heterocycles. The van der Waals surface area contributed by atoms with E-state index in [1.54, 1.807) is 0 Å². The molecular weight excluding hydrogens is 538 g/mol. The van der Waals surface area contributed by atoms with Gasteiger partial charge in [-0.3, -0.25) is 4.79 Å². The highest BCUT2D eigenvalue weighted by atomic mass is 16.6. The van der Waals surface area contributed by atoms with Gasteiger partial charge in [-0.05, 0) is 12.5 Å². The van der Waals surface area contributed by atoms with Crippen LogP contribution in [0.5, 0.6) is 0 Å². The monoisotopic (exact) mass is 577 g/mol. The molecule has 1 aromatic rings. The fourth-order valence-electron chi connectivity index (χ4n) is 7.50. The number of aromatic nitrogens is 1. The van der Waals surface area contributed by atoms with Crippen molar-refractivity contribution in [1.29, 1.82) is 0 Å². The number of hydrogen-bond acceptors (Lipinski definition) is 12. The zero-order valence-electron chi connectivity index (χ0n) is 23.9. The quantitative estimate of drug-likeness (QED) is 0.320. The van der Waals surface area contributed by atoms with E-state index in [4.69, 9.17) is 32.8 Å². The maximum atomic E-state index is 13.8. The molecule has 1 saturated heterocycles. The van der Waals surface area contributed by atoms with Gasteiger partial charge in [-0.1, -0.05) is 25.2 Å². The summed E-state index contributed by atoms with van der Waals surface area (Å²) in [5.74, 6) is -4.48. The zero-order chi connectivity index (χ0) is 29.5. The topological polar surface area (TPSA) is 156 Å². The van der Waals surface area contributed by atoms with Crippen LogP contribution in [0.4, 0.5) is 0 Å². The van der Waals surface area contributed by atoms with Crippen molar-refractivity contribution in [3.63, 3.8) is 0 Å². The van der Waals surface area contributed by atoms with Crippen molar-refractivity contribution in [3.05, 3.63) is 42.2 Å². The number of esters is 2. The summed E-state index contributed by atoms with van der Waals surface area (Å²) in [6.07, 6.45) is 3.66. The number of aliphatic hydroxyl groups is 2. The van der Waals surface area contributed by atoms with Crippen LogP contribution in [0.25, 0.3) is 0 Å². The van der Waals surface area contributed by atoms with Crippen LogP contribution in [-0.2, 0) is 33.2 Å². The maximum Gasteiger partial charge on any atom is 0.360 e. The lowest BCUT2D eigenvalue weighted by atomic mass is 9.56. The molecule has 1 saturated carbocycles. The van der Waals surface area contributed by atoms with Crippen LogP contribution in [0, 0.1) is 35.5 Å². The van der Waals surface area contributed by atoms with Gasteiger partial charge in [0.1, 0.15) is 36.3 Å². The average molecular weight is 578 g/mol. The van der Waals surface area contributed by atoms with Gasteiger partial charge in [0.05, 0.1) is 31.8 Å². The second-order valence-electron chi connectivity index (χ2n) is 11.4. The summed E-state index contributed by atoms with van der Waals surface area (Å²) >= 11 is 0. The lowest BCUT2D eigenvalue weighted by molar-refractivity contribution is -0.173. The Morgan fingerprint density at radius 2 is 1.93 bits per heavy atom. The van der Waals surface area contributed by atoms with Gasteiger partial charge in [-0.15, -0.1) is 0 Å². The first kappa shape index (κ1) is 29.9. The van der Waals surface area contributed by atoms with Crippen molar-refractivity contribution in [2.24, 2.45) is 35.5 Å². The van der Waals surface area contributed by atoms with Crippen molar-refractivity contribution in [3.8, 4) is 0 Å². The third-order valence-corrected chi connectivity index (χ3v) is 9.15. The molecule has 12 heteroatoms. The number of carbonyl (C=O) groups is 2. The Bertz CT molecular complexity index is 1150. The van der Waals surface area contributed by atoms with Gasteiger partial charge in [-0.2, -0.15) is 0 Å². The first-order chi connectivity index (χ1) is 19.7. The second-order valence-corrected chi connectivity index (χ2v) is 11.4. The number of carbonyl (C=O) groups excluding carboxylic acids is 2. The smallest absolute Gasteiger partial charge is 0.360 e. The normalized spacial score (nSPS) is 40.5. The number of oxazole rings is 1. The van der Waals surface area contributed by atoms with E-state index in [0.717, 1.165) is 12.0 Å². The summed E-state index contributed by atoms with van der Waals surface area (Å²) in [6.45, 7) is 3.88. The molecule has 4 aliphatic rings. The largest absolute Gasteiger partial charge is 0.459 e. The molecule has 0 amide bonds. The van der Waals surface area contributed by atoms with E-state index >= 15 is 0 Å². The summed E-state index contributed by atoms with van der Waals surface area (Å²) in [5, 5.41) is 22.8. The first-order valence-electron chi connectivity index (χ1n) is 13.9. The molecule has 0 aromatic carbocycles. The third-order valence-electron chi connectivity index (χ3n) is 9.15. The van der Waals surface area contributed by atoms with Crippen molar-refractivity contribution < 1.29 is 52.6 Å². The van der Waals surface area contributed by atoms with Gasteiger partial charge in [0.25, 0.3) is 0 Å². The highest BCUT2D eigenvalue weighted by Crippen LogP contribution is 2.62. The van der Waals surface area contributed by atoms with Crippen LogP contribution < -0.4 is 0 Å². The molecule has 0 radical (unpaired) electrons. The summed E-state index contributed by atoms with van der Waals surface area (Å²) in [4.78, 5) is 30.7. The number of methoxy groups -OCH3 is 3. The maximum absolute atomic E-state index is 13.8. The standard InChI is InChI=1S/C29H39NO11/c1-14-8-15(2)29-19(17(9-35-3)27(33)39-24(14)21(31)12-37-5)7-6-16-22(29)23(32)18(10-36-4)25(26(16)41-29)40-28(34)20-11-38-13-30-20/h6-8,11,13-14,16-19,21-26,31-32H,9-10,12H2,1-5H3. The van der Waals surface area contributed by atoms with Crippen molar-refractivity contribution in [1.82, 2.24) is 4.98 Å². The highest BCUT2D eigenvalue weighted by Gasteiger charge is 2.71. The zero-order valence-corrected chi connectivity index (χ0v) is 23.9. The van der Waals surface area contributed by atoms with Crippen LogP contribution in [-0.4, -0.2) is 104 Å². The fourth-order valence-corrected chi connectivity index (χ4v) is 7.50. The molecular formula is C29H39NO11. The number of rotatable bonds is 9. The van der Waals surface area contributed by atoms with E-state index in [2.05, 4.69) is 4.98 Å². The molecule has 2 aliphatic carbocycles. The van der Waals surface area contributed by atoms with Crippen molar-refractivity contribution >= 4 is 11.9 Å². The van der Waals surface area contributed by atoms with Gasteiger partial charge in [0.2, 0.25) is 0 Å². The fraction of sp³-hybridized carbons (Fsp3) is 0.690. The van der Waals surface area contributed by atoms with Gasteiger partial charge in [-0.25, -0.2) is 9.78 Å². The Morgan fingerprint density at radius 3 is 2.59 bits per heavy atom. The van der Waals surface area contributed by atoms with Crippen LogP contribution in [0.15, 0.2) is 40.9 Å². The molecule has 12 nitrogen and oxygen atoms in total. The molecule has 226 valence electrons. The minimum absolute atomic E-state index is 0.00114. The van der Waals surface area contributed by atoms with Gasteiger partial charge in [0, 0.05) is 50.9 Å². The van der Waals surface area contributed by atoms with E-state index < -0.39 is 77.6 Å². The minimum atomic E-state index is -1.15. The van der Waals surface area contributed by atoms with Crippen LogP contribution in [0.2, 0.25) is 0 Å². The Morgan fingerprint density at radius 1 is 1.17 bits per heavy atom. The van der Waals surface area contributed by atoms with E-state index in [1.807, 2.05) is 32.1 Å². The molecule has 4 bridgehead atoms. The number of cyclic esters (lactones) is 1. The Kier molecular flexibility index (Phi) is 8.70. The Hall–Kier alpha value is -2.61. The van der Waals surface area contributed by atoms with E-state index in [0.29, 0.717) is 0 Å². The third kappa shape index (κ3) is 4.94. The van der Waals surface area contributed by atoms with E-state index in [1.165, 1.54) is 27.6 Å². The highest BCUT2D eigenvalue weighted by molar-refractivity contribution is 5.86. The molecule has 5 rings (SSSR count). The first-order valence-corrected chi connectivity index (χ1v) is 13.9. The molecule has 12 atom stereocenters. The number of nitrogens with zero attached hydrogens (tertiary/aromatic N) is 1. The Labute approximate surface area is 238 Å². The van der Waals surface area contributed by atoms with Gasteiger partial charge < -0.3 is 43.1 Å². The predicted octanol–water partition coefficient (Wildman–Crippen LogP) is 1.17. The number of aliphatic hydroxyl groups excluding tert-OH is 2. The number of hydrogen-bond donors (Lipinski definition) is 2. The average Bonchev–Trinajstić information content (AvgIpc) is 3.54. The van der Waals surface area contributed by atoms with Crippen molar-refractivity contribution in [2.75, 3.05) is 41.2 Å². The summed E-state index contributed by atoms with van der Waals surface area (Å²) in [5.41, 5.74) is -0.368. The van der Waals surface area contributed by atoms with Crippen LogP contribution >= 0.6 is 0 Å². The van der Waals surface area contributed by atoms with Gasteiger partial charge >= 0.3 is 11.9 Å². The van der Waals surface area contributed by atoms with Crippen LogP contribution in [0.3, 0.4) is 0 Å². The minimum Gasteiger partial charge on any atom is -0.459 e.